The molecule has 0 atom stereocenters. The second-order valence-corrected chi connectivity index (χ2v) is 3.73. The SMILES string of the molecule is Cc1cnncc1NC(=O)CC(C)C. The van der Waals surface area contributed by atoms with Crippen LogP contribution in [-0.4, -0.2) is 16.1 Å². The van der Waals surface area contributed by atoms with Crippen LogP contribution in [0, 0.1) is 12.8 Å². The molecule has 0 aliphatic carbocycles. The summed E-state index contributed by atoms with van der Waals surface area (Å²) in [6.45, 7) is 5.91. The first kappa shape index (κ1) is 10.6. The molecule has 4 heteroatoms. The molecule has 0 unspecified atom stereocenters. The normalized spacial score (nSPS) is 10.3. The molecule has 0 spiro atoms. The molecule has 4 nitrogen and oxygen atoms in total. The van der Waals surface area contributed by atoms with Crippen LogP contribution in [0.15, 0.2) is 12.4 Å². The summed E-state index contributed by atoms with van der Waals surface area (Å²) >= 11 is 0. The van der Waals surface area contributed by atoms with Crippen LogP contribution in [0.1, 0.15) is 25.8 Å². The third kappa shape index (κ3) is 3.12. The third-order valence-electron chi connectivity index (χ3n) is 1.80. The molecule has 0 saturated carbocycles. The van der Waals surface area contributed by atoms with E-state index < -0.39 is 0 Å². The van der Waals surface area contributed by atoms with Crippen molar-refractivity contribution in [3.63, 3.8) is 0 Å². The van der Waals surface area contributed by atoms with E-state index >= 15 is 0 Å². The topological polar surface area (TPSA) is 54.9 Å². The van der Waals surface area contributed by atoms with E-state index in [2.05, 4.69) is 15.5 Å². The Morgan fingerprint density at radius 2 is 2.07 bits per heavy atom. The Morgan fingerprint density at radius 1 is 1.43 bits per heavy atom. The summed E-state index contributed by atoms with van der Waals surface area (Å²) in [6, 6.07) is 0. The summed E-state index contributed by atoms with van der Waals surface area (Å²) in [7, 11) is 0. The molecule has 1 aromatic rings. The zero-order chi connectivity index (χ0) is 10.6. The van der Waals surface area contributed by atoms with Gasteiger partial charge in [0.15, 0.2) is 0 Å². The lowest BCUT2D eigenvalue weighted by atomic mass is 10.1. The van der Waals surface area contributed by atoms with Gasteiger partial charge in [-0.1, -0.05) is 13.8 Å². The van der Waals surface area contributed by atoms with E-state index in [4.69, 9.17) is 0 Å². The van der Waals surface area contributed by atoms with Crippen LogP contribution >= 0.6 is 0 Å². The molecule has 0 bridgehead atoms. The molecule has 0 aromatic carbocycles. The van der Waals surface area contributed by atoms with Gasteiger partial charge in [0.1, 0.15) is 0 Å². The summed E-state index contributed by atoms with van der Waals surface area (Å²) in [6.07, 6.45) is 3.72. The first-order chi connectivity index (χ1) is 6.59. The number of hydrogen-bond donors (Lipinski definition) is 1. The Bertz CT molecular complexity index is 323. The molecule has 1 rings (SSSR count). The van der Waals surface area contributed by atoms with Gasteiger partial charge in [-0.25, -0.2) is 0 Å². The van der Waals surface area contributed by atoms with Crippen molar-refractivity contribution < 1.29 is 4.79 Å². The van der Waals surface area contributed by atoms with Gasteiger partial charge < -0.3 is 5.32 Å². The van der Waals surface area contributed by atoms with Gasteiger partial charge in [-0.3, -0.25) is 4.79 Å². The molecule has 0 radical (unpaired) electrons. The van der Waals surface area contributed by atoms with Crippen molar-refractivity contribution in [2.75, 3.05) is 5.32 Å². The van der Waals surface area contributed by atoms with Crippen molar-refractivity contribution in [3.8, 4) is 0 Å². The molecule has 0 fully saturated rings. The molecule has 1 heterocycles. The maximum absolute atomic E-state index is 11.4. The highest BCUT2D eigenvalue weighted by atomic mass is 16.1. The van der Waals surface area contributed by atoms with Crippen molar-refractivity contribution in [2.45, 2.75) is 27.2 Å². The summed E-state index contributed by atoms with van der Waals surface area (Å²) in [5.41, 5.74) is 1.67. The second kappa shape index (κ2) is 4.69. The van der Waals surface area contributed by atoms with Crippen LogP contribution in [-0.2, 0) is 4.79 Å². The average Bonchev–Trinajstić information content (AvgIpc) is 2.07. The highest BCUT2D eigenvalue weighted by Crippen LogP contribution is 2.11. The number of nitrogens with zero attached hydrogens (tertiary/aromatic N) is 2. The highest BCUT2D eigenvalue weighted by molar-refractivity contribution is 5.91. The Hall–Kier alpha value is -1.45. The third-order valence-corrected chi connectivity index (χ3v) is 1.80. The van der Waals surface area contributed by atoms with Crippen LogP contribution in [0.4, 0.5) is 5.69 Å². The number of anilines is 1. The Kier molecular flexibility index (Phi) is 3.56. The van der Waals surface area contributed by atoms with Crippen LogP contribution < -0.4 is 5.32 Å². The molecule has 0 saturated heterocycles. The number of aryl methyl sites for hydroxylation is 1. The van der Waals surface area contributed by atoms with E-state index in [0.717, 1.165) is 11.3 Å². The van der Waals surface area contributed by atoms with Gasteiger partial charge >= 0.3 is 0 Å². The van der Waals surface area contributed by atoms with Crippen molar-refractivity contribution in [1.29, 1.82) is 0 Å². The minimum Gasteiger partial charge on any atom is -0.324 e. The van der Waals surface area contributed by atoms with Crippen LogP contribution in [0.3, 0.4) is 0 Å². The lowest BCUT2D eigenvalue weighted by Crippen LogP contribution is -2.14. The fourth-order valence-corrected chi connectivity index (χ4v) is 1.09. The fourth-order valence-electron chi connectivity index (χ4n) is 1.09. The number of hydrogen-bond acceptors (Lipinski definition) is 3. The Labute approximate surface area is 83.7 Å². The second-order valence-electron chi connectivity index (χ2n) is 3.73. The van der Waals surface area contributed by atoms with Gasteiger partial charge in [0.25, 0.3) is 0 Å². The predicted molar refractivity (Wildman–Crippen MR) is 54.9 cm³/mol. The number of carbonyl (C=O) groups is 1. The quantitative estimate of drug-likeness (QED) is 0.796. The molecule has 0 aliphatic rings. The number of aromatic nitrogens is 2. The summed E-state index contributed by atoms with van der Waals surface area (Å²) in [5.74, 6) is 0.390. The standard InChI is InChI=1S/C10H15N3O/c1-7(2)4-10(14)13-9-6-12-11-5-8(9)3/h5-7H,4H2,1-3H3,(H,11,13,14). The van der Waals surface area contributed by atoms with E-state index in [0.29, 0.717) is 12.3 Å². The van der Waals surface area contributed by atoms with Crippen LogP contribution in [0.5, 0.6) is 0 Å². The molecule has 76 valence electrons. The molecule has 14 heavy (non-hydrogen) atoms. The lowest BCUT2D eigenvalue weighted by Gasteiger charge is -2.08. The Morgan fingerprint density at radius 3 is 2.64 bits per heavy atom. The summed E-state index contributed by atoms with van der Waals surface area (Å²) < 4.78 is 0. The van der Waals surface area contributed by atoms with E-state index in [1.165, 1.54) is 0 Å². The van der Waals surface area contributed by atoms with E-state index in [1.54, 1.807) is 12.4 Å². The number of rotatable bonds is 3. The van der Waals surface area contributed by atoms with E-state index in [9.17, 15) is 4.79 Å². The lowest BCUT2D eigenvalue weighted by molar-refractivity contribution is -0.116. The van der Waals surface area contributed by atoms with Crippen molar-refractivity contribution >= 4 is 11.6 Å². The fraction of sp³-hybridized carbons (Fsp3) is 0.500. The predicted octanol–water partition coefficient (Wildman–Crippen LogP) is 1.77. The molecular weight excluding hydrogens is 178 g/mol. The van der Waals surface area contributed by atoms with Crippen molar-refractivity contribution in [1.82, 2.24) is 10.2 Å². The molecular formula is C10H15N3O. The van der Waals surface area contributed by atoms with Gasteiger partial charge in [0.2, 0.25) is 5.91 Å². The first-order valence-electron chi connectivity index (χ1n) is 4.66. The number of amides is 1. The average molecular weight is 193 g/mol. The largest absolute Gasteiger partial charge is 0.324 e. The zero-order valence-electron chi connectivity index (χ0n) is 8.74. The van der Waals surface area contributed by atoms with Gasteiger partial charge in [0.05, 0.1) is 18.1 Å². The van der Waals surface area contributed by atoms with Gasteiger partial charge in [-0.05, 0) is 18.4 Å². The van der Waals surface area contributed by atoms with Gasteiger partial charge in [-0.15, -0.1) is 0 Å². The molecule has 1 aromatic heterocycles. The van der Waals surface area contributed by atoms with E-state index in [-0.39, 0.29) is 5.91 Å². The zero-order valence-corrected chi connectivity index (χ0v) is 8.74. The summed E-state index contributed by atoms with van der Waals surface area (Å²) in [4.78, 5) is 11.4. The number of carbonyl (C=O) groups excluding carboxylic acids is 1. The number of nitrogens with one attached hydrogen (secondary N) is 1. The van der Waals surface area contributed by atoms with Crippen LogP contribution in [0.25, 0.3) is 0 Å². The molecule has 0 aliphatic heterocycles. The monoisotopic (exact) mass is 193 g/mol. The van der Waals surface area contributed by atoms with Gasteiger partial charge in [-0.2, -0.15) is 10.2 Å². The first-order valence-corrected chi connectivity index (χ1v) is 4.66. The minimum absolute atomic E-state index is 0.0242. The molecule has 1 amide bonds. The maximum atomic E-state index is 11.4. The van der Waals surface area contributed by atoms with Crippen molar-refractivity contribution in [2.24, 2.45) is 5.92 Å². The maximum Gasteiger partial charge on any atom is 0.224 e. The van der Waals surface area contributed by atoms with E-state index in [1.807, 2.05) is 20.8 Å². The molecule has 1 N–H and O–H groups in total. The smallest absolute Gasteiger partial charge is 0.224 e. The van der Waals surface area contributed by atoms with Gasteiger partial charge in [0, 0.05) is 6.42 Å². The van der Waals surface area contributed by atoms with Crippen molar-refractivity contribution in [3.05, 3.63) is 18.0 Å². The van der Waals surface area contributed by atoms with Crippen LogP contribution in [0.2, 0.25) is 0 Å². The summed E-state index contributed by atoms with van der Waals surface area (Å²) in [5, 5.41) is 10.2. The highest BCUT2D eigenvalue weighted by Gasteiger charge is 2.06. The Balaban J connectivity index is 2.61. The minimum atomic E-state index is 0.0242.